The van der Waals surface area contributed by atoms with Gasteiger partial charge in [-0.2, -0.15) is 5.10 Å². The van der Waals surface area contributed by atoms with Gasteiger partial charge in [0.1, 0.15) is 0 Å². The van der Waals surface area contributed by atoms with Crippen molar-refractivity contribution in [3.8, 4) is 0 Å². The molecular formula is C10H14ClN3O. The number of hydrogen-bond donors (Lipinski definition) is 0. The normalized spacial score (nSPS) is 18.7. The summed E-state index contributed by atoms with van der Waals surface area (Å²) in [7, 11) is 0. The smallest absolute Gasteiger partial charge is 0.151 e. The molecule has 4 nitrogen and oxygen atoms in total. The van der Waals surface area contributed by atoms with Crippen LogP contribution in [0.1, 0.15) is 12.1 Å². The molecule has 1 fully saturated rings. The van der Waals surface area contributed by atoms with Gasteiger partial charge < -0.3 is 4.74 Å². The molecule has 2 heterocycles. The maximum Gasteiger partial charge on any atom is 0.151 e. The molecular weight excluding hydrogens is 214 g/mol. The van der Waals surface area contributed by atoms with Gasteiger partial charge in [0.15, 0.2) is 5.15 Å². The average molecular weight is 228 g/mol. The molecule has 82 valence electrons. The molecule has 0 bridgehead atoms. The SMILES string of the molecule is Clc1ccc(CN2CCCOCC2)nn1. The first-order valence-corrected chi connectivity index (χ1v) is 5.50. The van der Waals surface area contributed by atoms with Crippen LogP contribution in [0.3, 0.4) is 0 Å². The number of ether oxygens (including phenoxy) is 1. The highest BCUT2D eigenvalue weighted by molar-refractivity contribution is 6.29. The van der Waals surface area contributed by atoms with E-state index < -0.39 is 0 Å². The second kappa shape index (κ2) is 5.39. The molecule has 5 heteroatoms. The molecule has 0 atom stereocenters. The quantitative estimate of drug-likeness (QED) is 0.765. The van der Waals surface area contributed by atoms with E-state index in [1.807, 2.05) is 6.07 Å². The van der Waals surface area contributed by atoms with E-state index in [-0.39, 0.29) is 0 Å². The molecule has 1 saturated heterocycles. The van der Waals surface area contributed by atoms with Crippen LogP contribution in [0.25, 0.3) is 0 Å². The van der Waals surface area contributed by atoms with Gasteiger partial charge in [0.2, 0.25) is 0 Å². The van der Waals surface area contributed by atoms with Crippen molar-refractivity contribution in [2.24, 2.45) is 0 Å². The summed E-state index contributed by atoms with van der Waals surface area (Å²) in [5.41, 5.74) is 0.960. The molecule has 0 unspecified atom stereocenters. The van der Waals surface area contributed by atoms with Crippen LogP contribution < -0.4 is 0 Å². The average Bonchev–Trinajstić information content (AvgIpc) is 2.50. The Labute approximate surface area is 94.2 Å². The van der Waals surface area contributed by atoms with Crippen molar-refractivity contribution in [1.29, 1.82) is 0 Å². The highest BCUT2D eigenvalue weighted by atomic mass is 35.5. The largest absolute Gasteiger partial charge is 0.380 e. The topological polar surface area (TPSA) is 38.2 Å². The van der Waals surface area contributed by atoms with Gasteiger partial charge in [0.25, 0.3) is 0 Å². The molecule has 0 saturated carbocycles. The Balaban J connectivity index is 1.92. The van der Waals surface area contributed by atoms with Crippen LogP contribution >= 0.6 is 11.6 Å². The van der Waals surface area contributed by atoms with E-state index in [9.17, 15) is 0 Å². The molecule has 0 spiro atoms. The first kappa shape index (κ1) is 10.8. The molecule has 1 aliphatic heterocycles. The van der Waals surface area contributed by atoms with Crippen LogP contribution in [0.4, 0.5) is 0 Å². The molecule has 0 N–H and O–H groups in total. The van der Waals surface area contributed by atoms with Gasteiger partial charge in [-0.3, -0.25) is 4.90 Å². The third-order valence-corrected chi connectivity index (χ3v) is 2.59. The Hall–Kier alpha value is -0.710. The Morgan fingerprint density at radius 1 is 1.27 bits per heavy atom. The minimum absolute atomic E-state index is 0.443. The van der Waals surface area contributed by atoms with Crippen molar-refractivity contribution in [1.82, 2.24) is 15.1 Å². The standard InChI is InChI=1S/C10H14ClN3O/c11-10-3-2-9(12-13-10)8-14-4-1-6-15-7-5-14/h2-3H,1,4-8H2. The Morgan fingerprint density at radius 3 is 3.00 bits per heavy atom. The number of hydrogen-bond acceptors (Lipinski definition) is 4. The molecule has 15 heavy (non-hydrogen) atoms. The number of rotatable bonds is 2. The lowest BCUT2D eigenvalue weighted by Gasteiger charge is -2.17. The van der Waals surface area contributed by atoms with E-state index in [2.05, 4.69) is 15.1 Å². The zero-order chi connectivity index (χ0) is 10.5. The van der Waals surface area contributed by atoms with Crippen LogP contribution in [-0.2, 0) is 11.3 Å². The van der Waals surface area contributed by atoms with Crippen LogP contribution in [0.15, 0.2) is 12.1 Å². The monoisotopic (exact) mass is 227 g/mol. The van der Waals surface area contributed by atoms with Gasteiger partial charge in [-0.25, -0.2) is 0 Å². The lowest BCUT2D eigenvalue weighted by molar-refractivity contribution is 0.140. The van der Waals surface area contributed by atoms with E-state index in [4.69, 9.17) is 16.3 Å². The summed E-state index contributed by atoms with van der Waals surface area (Å²) in [5.74, 6) is 0. The molecule has 1 aliphatic rings. The zero-order valence-corrected chi connectivity index (χ0v) is 9.28. The van der Waals surface area contributed by atoms with Crippen molar-refractivity contribution in [2.75, 3.05) is 26.3 Å². The van der Waals surface area contributed by atoms with E-state index >= 15 is 0 Å². The highest BCUT2D eigenvalue weighted by Gasteiger charge is 2.10. The number of halogens is 1. The lowest BCUT2D eigenvalue weighted by atomic mass is 10.3. The van der Waals surface area contributed by atoms with Crippen molar-refractivity contribution < 1.29 is 4.74 Å². The van der Waals surface area contributed by atoms with Crippen LogP contribution in [0.5, 0.6) is 0 Å². The Bertz CT molecular complexity index is 296. The summed E-state index contributed by atoms with van der Waals surface area (Å²) in [6.45, 7) is 4.52. The van der Waals surface area contributed by atoms with Gasteiger partial charge >= 0.3 is 0 Å². The lowest BCUT2D eigenvalue weighted by Crippen LogP contribution is -2.26. The molecule has 0 aromatic carbocycles. The zero-order valence-electron chi connectivity index (χ0n) is 8.53. The fourth-order valence-corrected chi connectivity index (χ4v) is 1.71. The van der Waals surface area contributed by atoms with Gasteiger partial charge in [-0.05, 0) is 18.6 Å². The minimum Gasteiger partial charge on any atom is -0.380 e. The molecule has 2 rings (SSSR count). The fourth-order valence-electron chi connectivity index (χ4n) is 1.61. The third kappa shape index (κ3) is 3.41. The molecule has 0 aliphatic carbocycles. The number of nitrogens with zero attached hydrogens (tertiary/aromatic N) is 3. The Morgan fingerprint density at radius 2 is 2.20 bits per heavy atom. The first-order valence-electron chi connectivity index (χ1n) is 5.13. The second-order valence-corrected chi connectivity index (χ2v) is 3.98. The van der Waals surface area contributed by atoms with E-state index in [0.29, 0.717) is 5.15 Å². The van der Waals surface area contributed by atoms with Crippen LogP contribution in [0.2, 0.25) is 5.15 Å². The minimum atomic E-state index is 0.443. The van der Waals surface area contributed by atoms with Crippen molar-refractivity contribution in [2.45, 2.75) is 13.0 Å². The third-order valence-electron chi connectivity index (χ3n) is 2.39. The number of aromatic nitrogens is 2. The summed E-state index contributed by atoms with van der Waals surface area (Å²) >= 11 is 5.67. The first-order chi connectivity index (χ1) is 7.34. The van der Waals surface area contributed by atoms with E-state index in [1.165, 1.54) is 0 Å². The summed E-state index contributed by atoms with van der Waals surface area (Å²) < 4.78 is 5.38. The maximum absolute atomic E-state index is 5.67. The summed E-state index contributed by atoms with van der Waals surface area (Å²) in [6, 6.07) is 3.69. The van der Waals surface area contributed by atoms with E-state index in [1.54, 1.807) is 6.07 Å². The van der Waals surface area contributed by atoms with E-state index in [0.717, 1.165) is 45.0 Å². The van der Waals surface area contributed by atoms with Gasteiger partial charge in [-0.15, -0.1) is 5.10 Å². The second-order valence-electron chi connectivity index (χ2n) is 3.59. The maximum atomic E-state index is 5.67. The van der Waals surface area contributed by atoms with Gasteiger partial charge in [0.05, 0.1) is 12.3 Å². The predicted molar refractivity (Wildman–Crippen MR) is 57.8 cm³/mol. The highest BCUT2D eigenvalue weighted by Crippen LogP contribution is 2.07. The predicted octanol–water partition coefficient (Wildman–Crippen LogP) is 1.35. The van der Waals surface area contributed by atoms with Crippen molar-refractivity contribution in [3.63, 3.8) is 0 Å². The molecule has 1 aromatic heterocycles. The molecule has 0 radical (unpaired) electrons. The van der Waals surface area contributed by atoms with Crippen LogP contribution in [-0.4, -0.2) is 41.4 Å². The van der Waals surface area contributed by atoms with Crippen LogP contribution in [0, 0.1) is 0 Å². The molecule has 1 aromatic rings. The summed E-state index contributed by atoms with van der Waals surface area (Å²) in [4.78, 5) is 2.32. The fraction of sp³-hybridized carbons (Fsp3) is 0.600. The van der Waals surface area contributed by atoms with Gasteiger partial charge in [0, 0.05) is 26.2 Å². The Kier molecular flexibility index (Phi) is 3.88. The summed E-state index contributed by atoms with van der Waals surface area (Å²) in [5, 5.41) is 8.31. The summed E-state index contributed by atoms with van der Waals surface area (Å²) in [6.07, 6.45) is 1.08. The van der Waals surface area contributed by atoms with Crippen molar-refractivity contribution >= 4 is 11.6 Å². The van der Waals surface area contributed by atoms with Gasteiger partial charge in [-0.1, -0.05) is 11.6 Å². The van der Waals surface area contributed by atoms with Crippen molar-refractivity contribution in [3.05, 3.63) is 23.0 Å². The molecule has 0 amide bonds.